The maximum atomic E-state index is 10.2. The number of nitrogens with zero attached hydrogens (tertiary/aromatic N) is 1. The van der Waals surface area contributed by atoms with Gasteiger partial charge in [0.2, 0.25) is 0 Å². The Morgan fingerprint density at radius 1 is 1.89 bits per heavy atom. The van der Waals surface area contributed by atoms with E-state index in [9.17, 15) is 4.79 Å². The van der Waals surface area contributed by atoms with Crippen molar-refractivity contribution in [2.75, 3.05) is 6.54 Å². The Labute approximate surface area is 53.3 Å². The molecule has 1 fully saturated rings. The zero-order chi connectivity index (χ0) is 6.85. The Kier molecular flexibility index (Phi) is 1.31. The first-order valence-corrected chi connectivity index (χ1v) is 2.71. The molecule has 1 atom stereocenters. The Morgan fingerprint density at radius 2 is 2.56 bits per heavy atom. The Bertz CT molecular complexity index is 170. The van der Waals surface area contributed by atoms with E-state index in [1.165, 1.54) is 4.90 Å². The second-order valence-corrected chi connectivity index (χ2v) is 1.95. The lowest BCUT2D eigenvalue weighted by Crippen LogP contribution is -2.49. The summed E-state index contributed by atoms with van der Waals surface area (Å²) in [5.41, 5.74) is 0. The Morgan fingerprint density at radius 3 is 2.67 bits per heavy atom. The SMILES string of the molecule is C#C[C@@H]1CCN1C(=O)O. The lowest BCUT2D eigenvalue weighted by atomic mass is 10.1. The highest BCUT2D eigenvalue weighted by atomic mass is 16.4. The molecule has 1 saturated heterocycles. The van der Waals surface area contributed by atoms with E-state index in [2.05, 4.69) is 5.92 Å². The van der Waals surface area contributed by atoms with E-state index in [4.69, 9.17) is 11.5 Å². The van der Waals surface area contributed by atoms with Crippen molar-refractivity contribution in [1.29, 1.82) is 0 Å². The monoisotopic (exact) mass is 125 g/mol. The largest absolute Gasteiger partial charge is 0.465 e. The molecule has 1 amide bonds. The minimum absolute atomic E-state index is 0.164. The van der Waals surface area contributed by atoms with Crippen molar-refractivity contribution in [3.8, 4) is 12.3 Å². The summed E-state index contributed by atoms with van der Waals surface area (Å²) in [4.78, 5) is 11.4. The zero-order valence-electron chi connectivity index (χ0n) is 4.87. The van der Waals surface area contributed by atoms with Crippen molar-refractivity contribution in [2.45, 2.75) is 12.5 Å². The van der Waals surface area contributed by atoms with Crippen molar-refractivity contribution in [1.82, 2.24) is 4.90 Å². The summed E-state index contributed by atoms with van der Waals surface area (Å²) in [5, 5.41) is 8.37. The van der Waals surface area contributed by atoms with E-state index >= 15 is 0 Å². The number of amides is 1. The second kappa shape index (κ2) is 1.98. The number of carboxylic acid groups (broad SMARTS) is 1. The molecule has 1 heterocycles. The van der Waals surface area contributed by atoms with Crippen molar-refractivity contribution in [3.63, 3.8) is 0 Å². The third-order valence-corrected chi connectivity index (χ3v) is 1.46. The molecule has 0 unspecified atom stereocenters. The fourth-order valence-electron chi connectivity index (χ4n) is 0.790. The van der Waals surface area contributed by atoms with E-state index in [1.54, 1.807) is 0 Å². The van der Waals surface area contributed by atoms with Gasteiger partial charge < -0.3 is 5.11 Å². The van der Waals surface area contributed by atoms with Crippen LogP contribution >= 0.6 is 0 Å². The zero-order valence-corrected chi connectivity index (χ0v) is 4.87. The highest BCUT2D eigenvalue weighted by Crippen LogP contribution is 2.15. The van der Waals surface area contributed by atoms with Crippen LogP contribution < -0.4 is 0 Å². The van der Waals surface area contributed by atoms with Crippen LogP contribution in [0.3, 0.4) is 0 Å². The number of hydrogen-bond donors (Lipinski definition) is 1. The van der Waals surface area contributed by atoms with Crippen LogP contribution in [0.15, 0.2) is 0 Å². The van der Waals surface area contributed by atoms with Gasteiger partial charge in [-0.25, -0.2) is 4.79 Å². The minimum atomic E-state index is -0.913. The Hall–Kier alpha value is -1.17. The summed E-state index contributed by atoms with van der Waals surface area (Å²) < 4.78 is 0. The molecule has 1 rings (SSSR count). The van der Waals surface area contributed by atoms with Crippen molar-refractivity contribution in [2.24, 2.45) is 0 Å². The van der Waals surface area contributed by atoms with Crippen molar-refractivity contribution >= 4 is 6.09 Å². The quantitative estimate of drug-likeness (QED) is 0.475. The normalized spacial score (nSPS) is 24.3. The fourth-order valence-corrected chi connectivity index (χ4v) is 0.790. The molecule has 0 bridgehead atoms. The van der Waals surface area contributed by atoms with Gasteiger partial charge in [0, 0.05) is 6.54 Å². The molecular weight excluding hydrogens is 118 g/mol. The van der Waals surface area contributed by atoms with Gasteiger partial charge in [-0.2, -0.15) is 0 Å². The highest BCUT2D eigenvalue weighted by Gasteiger charge is 2.29. The van der Waals surface area contributed by atoms with Crippen molar-refractivity contribution < 1.29 is 9.90 Å². The third kappa shape index (κ3) is 0.833. The van der Waals surface area contributed by atoms with Gasteiger partial charge >= 0.3 is 6.09 Å². The predicted octanol–water partition coefficient (Wildman–Crippen LogP) is 0.372. The molecule has 3 nitrogen and oxygen atoms in total. The predicted molar refractivity (Wildman–Crippen MR) is 32.0 cm³/mol. The topological polar surface area (TPSA) is 40.5 Å². The first kappa shape index (κ1) is 5.96. The number of carbonyl (C=O) groups is 1. The van der Waals surface area contributed by atoms with Gasteiger partial charge in [-0.3, -0.25) is 4.90 Å². The fraction of sp³-hybridized carbons (Fsp3) is 0.500. The molecule has 0 aromatic heterocycles. The molecule has 0 radical (unpaired) electrons. The number of hydrogen-bond acceptors (Lipinski definition) is 1. The summed E-state index contributed by atoms with van der Waals surface area (Å²) in [6.07, 6.45) is 4.90. The molecule has 1 N–H and O–H groups in total. The van der Waals surface area contributed by atoms with E-state index in [1.807, 2.05) is 0 Å². The second-order valence-electron chi connectivity index (χ2n) is 1.95. The lowest BCUT2D eigenvalue weighted by molar-refractivity contribution is 0.0975. The molecule has 0 spiro atoms. The molecular formula is C6H7NO2. The molecule has 0 aliphatic carbocycles. The molecule has 1 aliphatic rings. The molecule has 9 heavy (non-hydrogen) atoms. The highest BCUT2D eigenvalue weighted by molar-refractivity contribution is 5.67. The van der Waals surface area contributed by atoms with Crippen LogP contribution in [0, 0.1) is 12.3 Å². The maximum absolute atomic E-state index is 10.2. The third-order valence-electron chi connectivity index (χ3n) is 1.46. The van der Waals surface area contributed by atoms with Crippen LogP contribution in [0.2, 0.25) is 0 Å². The van der Waals surface area contributed by atoms with Gasteiger partial charge in [-0.1, -0.05) is 5.92 Å². The van der Waals surface area contributed by atoms with Crippen LogP contribution in [-0.4, -0.2) is 28.7 Å². The van der Waals surface area contributed by atoms with Gasteiger partial charge in [0.1, 0.15) is 0 Å². The van der Waals surface area contributed by atoms with E-state index < -0.39 is 6.09 Å². The average molecular weight is 125 g/mol. The average Bonchev–Trinajstić information content (AvgIpc) is 1.61. The lowest BCUT2D eigenvalue weighted by Gasteiger charge is -2.34. The van der Waals surface area contributed by atoms with Crippen LogP contribution in [0.5, 0.6) is 0 Å². The number of likely N-dealkylation sites (tertiary alicyclic amines) is 1. The summed E-state index contributed by atoms with van der Waals surface area (Å²) in [6, 6.07) is -0.164. The van der Waals surface area contributed by atoms with Gasteiger partial charge in [0.25, 0.3) is 0 Å². The van der Waals surface area contributed by atoms with Gasteiger partial charge in [0.05, 0.1) is 6.04 Å². The van der Waals surface area contributed by atoms with Crippen LogP contribution in [0.4, 0.5) is 4.79 Å². The standard InChI is InChI=1S/C6H7NO2/c1-2-5-3-4-7(5)6(8)9/h1,5H,3-4H2,(H,8,9)/t5-/m1/s1. The molecule has 3 heteroatoms. The van der Waals surface area contributed by atoms with Crippen LogP contribution in [0.1, 0.15) is 6.42 Å². The van der Waals surface area contributed by atoms with Gasteiger partial charge in [0.15, 0.2) is 0 Å². The number of terminal acetylenes is 1. The molecule has 48 valence electrons. The summed E-state index contributed by atoms with van der Waals surface area (Å²) in [7, 11) is 0. The smallest absolute Gasteiger partial charge is 0.408 e. The van der Waals surface area contributed by atoms with Gasteiger partial charge in [-0.05, 0) is 6.42 Å². The van der Waals surface area contributed by atoms with E-state index in [0.717, 1.165) is 6.42 Å². The minimum Gasteiger partial charge on any atom is -0.465 e. The first-order valence-electron chi connectivity index (χ1n) is 2.71. The summed E-state index contributed by atoms with van der Waals surface area (Å²) >= 11 is 0. The van der Waals surface area contributed by atoms with Crippen LogP contribution in [0.25, 0.3) is 0 Å². The maximum Gasteiger partial charge on any atom is 0.408 e. The molecule has 1 aliphatic heterocycles. The van der Waals surface area contributed by atoms with Crippen LogP contribution in [-0.2, 0) is 0 Å². The first-order chi connectivity index (χ1) is 4.25. The van der Waals surface area contributed by atoms with Gasteiger partial charge in [-0.15, -0.1) is 6.42 Å². The Balaban J connectivity index is 2.47. The van der Waals surface area contributed by atoms with E-state index in [0.29, 0.717) is 6.54 Å². The van der Waals surface area contributed by atoms with E-state index in [-0.39, 0.29) is 6.04 Å². The molecule has 0 aromatic rings. The van der Waals surface area contributed by atoms with Crippen molar-refractivity contribution in [3.05, 3.63) is 0 Å². The summed E-state index contributed by atoms with van der Waals surface area (Å²) in [5.74, 6) is 2.38. The molecule has 0 saturated carbocycles. The number of rotatable bonds is 0. The summed E-state index contributed by atoms with van der Waals surface area (Å²) in [6.45, 7) is 0.587. The molecule has 0 aromatic carbocycles.